The van der Waals surface area contributed by atoms with Gasteiger partial charge in [0.1, 0.15) is 0 Å². The zero-order valence-corrected chi connectivity index (χ0v) is 9.13. The second-order valence-corrected chi connectivity index (χ2v) is 3.55. The Bertz CT molecular complexity index is 123. The molecule has 0 saturated carbocycles. The SMILES string of the molecule is C=CCN(CCC)CCC(N)CC. The highest BCUT2D eigenvalue weighted by Crippen LogP contribution is 1.99. The first-order valence-corrected chi connectivity index (χ1v) is 5.33. The third-order valence-corrected chi connectivity index (χ3v) is 2.27. The predicted octanol–water partition coefficient (Wildman–Crippen LogP) is 2.01. The maximum absolute atomic E-state index is 5.86. The summed E-state index contributed by atoms with van der Waals surface area (Å²) in [6, 6.07) is 0.365. The molecule has 0 radical (unpaired) electrons. The molecule has 0 rings (SSSR count). The van der Waals surface area contributed by atoms with Crippen molar-refractivity contribution in [3.8, 4) is 0 Å². The molecule has 1 atom stereocenters. The summed E-state index contributed by atoms with van der Waals surface area (Å²) in [5.74, 6) is 0. The Labute approximate surface area is 82.8 Å². The molecule has 0 aromatic carbocycles. The van der Waals surface area contributed by atoms with Crippen molar-refractivity contribution in [3.05, 3.63) is 12.7 Å². The molecule has 0 aliphatic heterocycles. The molecule has 0 aliphatic carbocycles. The van der Waals surface area contributed by atoms with E-state index in [0.29, 0.717) is 6.04 Å². The second-order valence-electron chi connectivity index (χ2n) is 3.55. The zero-order chi connectivity index (χ0) is 10.1. The Morgan fingerprint density at radius 2 is 2.08 bits per heavy atom. The lowest BCUT2D eigenvalue weighted by atomic mass is 10.1. The molecular formula is C11H24N2. The van der Waals surface area contributed by atoms with Crippen LogP contribution in [0.2, 0.25) is 0 Å². The van der Waals surface area contributed by atoms with Crippen molar-refractivity contribution in [1.29, 1.82) is 0 Å². The van der Waals surface area contributed by atoms with Crippen LogP contribution in [0.15, 0.2) is 12.7 Å². The van der Waals surface area contributed by atoms with Crippen LogP contribution in [0.3, 0.4) is 0 Å². The van der Waals surface area contributed by atoms with E-state index in [-0.39, 0.29) is 0 Å². The summed E-state index contributed by atoms with van der Waals surface area (Å²) < 4.78 is 0. The van der Waals surface area contributed by atoms with Crippen LogP contribution in [0.4, 0.5) is 0 Å². The van der Waals surface area contributed by atoms with Gasteiger partial charge >= 0.3 is 0 Å². The number of hydrogen-bond acceptors (Lipinski definition) is 2. The van der Waals surface area contributed by atoms with Crippen LogP contribution < -0.4 is 5.73 Å². The van der Waals surface area contributed by atoms with Gasteiger partial charge in [-0.15, -0.1) is 6.58 Å². The van der Waals surface area contributed by atoms with Gasteiger partial charge in [0.15, 0.2) is 0 Å². The Morgan fingerprint density at radius 3 is 2.54 bits per heavy atom. The Kier molecular flexibility index (Phi) is 8.05. The van der Waals surface area contributed by atoms with Crippen molar-refractivity contribution in [3.63, 3.8) is 0 Å². The molecule has 2 nitrogen and oxygen atoms in total. The lowest BCUT2D eigenvalue weighted by molar-refractivity contribution is 0.288. The fraction of sp³-hybridized carbons (Fsp3) is 0.818. The van der Waals surface area contributed by atoms with Crippen molar-refractivity contribution >= 4 is 0 Å². The third kappa shape index (κ3) is 6.79. The van der Waals surface area contributed by atoms with E-state index in [1.165, 1.54) is 6.42 Å². The maximum atomic E-state index is 5.86. The average molecular weight is 184 g/mol. The van der Waals surface area contributed by atoms with E-state index in [9.17, 15) is 0 Å². The van der Waals surface area contributed by atoms with Crippen molar-refractivity contribution in [2.45, 2.75) is 39.2 Å². The van der Waals surface area contributed by atoms with Gasteiger partial charge in [-0.2, -0.15) is 0 Å². The largest absolute Gasteiger partial charge is 0.328 e. The number of nitrogens with zero attached hydrogens (tertiary/aromatic N) is 1. The molecule has 0 saturated heterocycles. The van der Waals surface area contributed by atoms with Crippen LogP contribution >= 0.6 is 0 Å². The van der Waals surface area contributed by atoms with Gasteiger partial charge in [-0.25, -0.2) is 0 Å². The predicted molar refractivity (Wildman–Crippen MR) is 59.8 cm³/mol. The van der Waals surface area contributed by atoms with E-state index in [1.54, 1.807) is 0 Å². The van der Waals surface area contributed by atoms with Gasteiger partial charge in [-0.3, -0.25) is 4.90 Å². The van der Waals surface area contributed by atoms with Crippen molar-refractivity contribution in [1.82, 2.24) is 4.90 Å². The van der Waals surface area contributed by atoms with Gasteiger partial charge < -0.3 is 5.73 Å². The lowest BCUT2D eigenvalue weighted by Crippen LogP contribution is -2.31. The molecule has 0 fully saturated rings. The smallest absolute Gasteiger partial charge is 0.0160 e. The Morgan fingerprint density at radius 1 is 1.38 bits per heavy atom. The quantitative estimate of drug-likeness (QED) is 0.585. The summed E-state index contributed by atoms with van der Waals surface area (Å²) in [7, 11) is 0. The molecule has 1 unspecified atom stereocenters. The zero-order valence-electron chi connectivity index (χ0n) is 9.13. The molecule has 0 bridgehead atoms. The van der Waals surface area contributed by atoms with Crippen LogP contribution in [0.5, 0.6) is 0 Å². The lowest BCUT2D eigenvalue weighted by Gasteiger charge is -2.21. The average Bonchev–Trinajstić information content (AvgIpc) is 2.14. The van der Waals surface area contributed by atoms with Gasteiger partial charge in [0.25, 0.3) is 0 Å². The monoisotopic (exact) mass is 184 g/mol. The van der Waals surface area contributed by atoms with Crippen molar-refractivity contribution < 1.29 is 0 Å². The number of rotatable bonds is 8. The minimum atomic E-state index is 0.365. The summed E-state index contributed by atoms with van der Waals surface area (Å²) >= 11 is 0. The van der Waals surface area contributed by atoms with Crippen LogP contribution in [0.1, 0.15) is 33.1 Å². The first-order valence-electron chi connectivity index (χ1n) is 5.33. The normalized spacial score (nSPS) is 13.2. The van der Waals surface area contributed by atoms with E-state index in [4.69, 9.17) is 5.73 Å². The van der Waals surface area contributed by atoms with Gasteiger partial charge in [0, 0.05) is 12.6 Å². The Balaban J connectivity index is 3.60. The third-order valence-electron chi connectivity index (χ3n) is 2.27. The molecule has 2 heteroatoms. The first kappa shape index (κ1) is 12.7. The van der Waals surface area contributed by atoms with E-state index in [2.05, 4.69) is 25.3 Å². The van der Waals surface area contributed by atoms with Crippen LogP contribution in [0.25, 0.3) is 0 Å². The molecular weight excluding hydrogens is 160 g/mol. The molecule has 2 N–H and O–H groups in total. The summed E-state index contributed by atoms with van der Waals surface area (Å²) in [6.07, 6.45) is 5.35. The maximum Gasteiger partial charge on any atom is 0.0160 e. The fourth-order valence-corrected chi connectivity index (χ4v) is 1.35. The number of nitrogens with two attached hydrogens (primary N) is 1. The van der Waals surface area contributed by atoms with Crippen LogP contribution in [-0.2, 0) is 0 Å². The van der Waals surface area contributed by atoms with E-state index in [0.717, 1.165) is 32.5 Å². The minimum Gasteiger partial charge on any atom is -0.328 e. The van der Waals surface area contributed by atoms with E-state index < -0.39 is 0 Å². The first-order chi connectivity index (χ1) is 6.24. The second kappa shape index (κ2) is 8.27. The van der Waals surface area contributed by atoms with Crippen molar-refractivity contribution in [2.24, 2.45) is 5.73 Å². The van der Waals surface area contributed by atoms with E-state index >= 15 is 0 Å². The van der Waals surface area contributed by atoms with E-state index in [1.807, 2.05) is 6.08 Å². The van der Waals surface area contributed by atoms with Crippen LogP contribution in [0, 0.1) is 0 Å². The summed E-state index contributed by atoms with van der Waals surface area (Å²) in [5.41, 5.74) is 5.86. The summed E-state index contributed by atoms with van der Waals surface area (Å²) in [5, 5.41) is 0. The molecule has 0 aromatic heterocycles. The van der Waals surface area contributed by atoms with Crippen LogP contribution in [-0.4, -0.2) is 30.6 Å². The fourth-order valence-electron chi connectivity index (χ4n) is 1.35. The van der Waals surface area contributed by atoms with Gasteiger partial charge in [0.05, 0.1) is 0 Å². The molecule has 78 valence electrons. The summed E-state index contributed by atoms with van der Waals surface area (Å²) in [4.78, 5) is 2.41. The summed E-state index contributed by atoms with van der Waals surface area (Å²) in [6.45, 7) is 11.4. The van der Waals surface area contributed by atoms with Gasteiger partial charge in [0.2, 0.25) is 0 Å². The molecule has 0 aromatic rings. The highest BCUT2D eigenvalue weighted by molar-refractivity contribution is 4.74. The molecule has 0 heterocycles. The van der Waals surface area contributed by atoms with Crippen molar-refractivity contribution in [2.75, 3.05) is 19.6 Å². The highest BCUT2D eigenvalue weighted by atomic mass is 15.1. The molecule has 13 heavy (non-hydrogen) atoms. The Hall–Kier alpha value is -0.340. The van der Waals surface area contributed by atoms with Gasteiger partial charge in [-0.05, 0) is 32.4 Å². The minimum absolute atomic E-state index is 0.365. The molecule has 0 amide bonds. The molecule has 0 spiro atoms. The van der Waals surface area contributed by atoms with Gasteiger partial charge in [-0.1, -0.05) is 19.9 Å². The highest BCUT2D eigenvalue weighted by Gasteiger charge is 2.04. The standard InChI is InChI=1S/C11H24N2/c1-4-8-13(9-5-2)10-7-11(12)6-3/h4,11H,1,5-10,12H2,2-3H3. The molecule has 0 aliphatic rings. The number of hydrogen-bond donors (Lipinski definition) is 1. The topological polar surface area (TPSA) is 29.3 Å².